The lowest BCUT2D eigenvalue weighted by Crippen LogP contribution is -2.39. The normalized spacial score (nSPS) is 18.8. The molecular formula is C18H28FNO2. The number of rotatable bonds is 7. The first-order valence-corrected chi connectivity index (χ1v) is 8.16. The maximum atomic E-state index is 13.1. The molecule has 1 fully saturated rings. The molecule has 1 aliphatic carbocycles. The number of aliphatic hydroxyl groups excluding tert-OH is 1. The number of ether oxygens (including phenoxy) is 1. The van der Waals surface area contributed by atoms with E-state index in [-0.39, 0.29) is 17.5 Å². The number of hydrogen-bond donors (Lipinski definition) is 2. The van der Waals surface area contributed by atoms with Gasteiger partial charge < -0.3 is 15.2 Å². The Balaban J connectivity index is 1.89. The van der Waals surface area contributed by atoms with Gasteiger partial charge in [0.1, 0.15) is 5.82 Å². The smallest absolute Gasteiger partial charge is 0.123 e. The molecular weight excluding hydrogens is 281 g/mol. The number of halogens is 1. The zero-order chi connectivity index (χ0) is 16.2. The second kappa shape index (κ2) is 7.53. The molecule has 0 amide bonds. The summed E-state index contributed by atoms with van der Waals surface area (Å²) in [6, 6.07) is 6.86. The van der Waals surface area contributed by atoms with E-state index in [4.69, 9.17) is 4.74 Å². The van der Waals surface area contributed by atoms with Crippen molar-refractivity contribution in [2.45, 2.75) is 57.8 Å². The van der Waals surface area contributed by atoms with E-state index in [9.17, 15) is 9.50 Å². The minimum Gasteiger partial charge on any atom is -0.389 e. The first-order chi connectivity index (χ1) is 10.3. The maximum Gasteiger partial charge on any atom is 0.123 e. The zero-order valence-electron chi connectivity index (χ0n) is 13.8. The molecule has 2 rings (SSSR count). The van der Waals surface area contributed by atoms with Crippen LogP contribution in [0.4, 0.5) is 4.39 Å². The van der Waals surface area contributed by atoms with Crippen LogP contribution in [0.25, 0.3) is 0 Å². The lowest BCUT2D eigenvalue weighted by molar-refractivity contribution is -0.0490. The van der Waals surface area contributed by atoms with Gasteiger partial charge in [-0.25, -0.2) is 4.39 Å². The average Bonchev–Trinajstić information content (AvgIpc) is 2.39. The van der Waals surface area contributed by atoms with E-state index in [0.717, 1.165) is 5.56 Å². The third kappa shape index (κ3) is 5.34. The molecule has 124 valence electrons. The molecule has 2 atom stereocenters. The van der Waals surface area contributed by atoms with Gasteiger partial charge in [0.15, 0.2) is 0 Å². The Labute approximate surface area is 132 Å². The molecule has 0 aliphatic heterocycles. The Morgan fingerprint density at radius 1 is 1.27 bits per heavy atom. The molecule has 4 heteroatoms. The Kier molecular flexibility index (Phi) is 5.95. The van der Waals surface area contributed by atoms with Crippen molar-refractivity contribution >= 4 is 0 Å². The monoisotopic (exact) mass is 309 g/mol. The van der Waals surface area contributed by atoms with E-state index in [0.29, 0.717) is 19.1 Å². The van der Waals surface area contributed by atoms with Crippen LogP contribution >= 0.6 is 0 Å². The van der Waals surface area contributed by atoms with Crippen molar-refractivity contribution in [1.82, 2.24) is 5.32 Å². The van der Waals surface area contributed by atoms with Crippen molar-refractivity contribution in [2.75, 3.05) is 13.2 Å². The van der Waals surface area contributed by atoms with Crippen LogP contribution in [0.5, 0.6) is 0 Å². The first kappa shape index (κ1) is 17.4. The van der Waals surface area contributed by atoms with Gasteiger partial charge in [-0.3, -0.25) is 0 Å². The summed E-state index contributed by atoms with van der Waals surface area (Å²) < 4.78 is 18.7. The summed E-state index contributed by atoms with van der Waals surface area (Å²) in [5.74, 6) is 0.357. The van der Waals surface area contributed by atoms with Crippen LogP contribution in [0.1, 0.15) is 51.6 Å². The SMILES string of the molecule is CC(C)(C)OCC(O)CNC(c1ccc(F)cc1)C1CCC1. The average molecular weight is 309 g/mol. The molecule has 1 aromatic carbocycles. The molecule has 0 aromatic heterocycles. The largest absolute Gasteiger partial charge is 0.389 e. The standard InChI is InChI=1S/C18H28FNO2/c1-18(2,3)22-12-16(21)11-20-17(13-5-4-6-13)14-7-9-15(19)10-8-14/h7-10,13,16-17,20-21H,4-6,11-12H2,1-3H3. The molecule has 22 heavy (non-hydrogen) atoms. The number of benzene rings is 1. The second-order valence-electron chi connectivity index (χ2n) is 7.21. The van der Waals surface area contributed by atoms with Crippen LogP contribution in [0, 0.1) is 11.7 Å². The summed E-state index contributed by atoms with van der Waals surface area (Å²) in [6.07, 6.45) is 3.08. The highest BCUT2D eigenvalue weighted by molar-refractivity contribution is 5.21. The molecule has 2 N–H and O–H groups in total. The van der Waals surface area contributed by atoms with Crippen LogP contribution in [0.15, 0.2) is 24.3 Å². The van der Waals surface area contributed by atoms with Gasteiger partial charge in [0.25, 0.3) is 0 Å². The predicted molar refractivity (Wildman–Crippen MR) is 86.2 cm³/mol. The molecule has 0 spiro atoms. The molecule has 1 aliphatic rings. The van der Waals surface area contributed by atoms with Crippen molar-refractivity contribution in [3.63, 3.8) is 0 Å². The van der Waals surface area contributed by atoms with Crippen molar-refractivity contribution in [3.05, 3.63) is 35.6 Å². The Morgan fingerprint density at radius 3 is 2.41 bits per heavy atom. The van der Waals surface area contributed by atoms with Crippen LogP contribution < -0.4 is 5.32 Å². The number of hydrogen-bond acceptors (Lipinski definition) is 3. The number of aliphatic hydroxyl groups is 1. The summed E-state index contributed by atoms with van der Waals surface area (Å²) in [6.45, 7) is 6.72. The van der Waals surface area contributed by atoms with Crippen LogP contribution in [0.3, 0.4) is 0 Å². The van der Waals surface area contributed by atoms with Gasteiger partial charge in [0.05, 0.1) is 18.3 Å². The van der Waals surface area contributed by atoms with E-state index in [1.165, 1.54) is 31.4 Å². The Bertz CT molecular complexity index is 451. The Hall–Kier alpha value is -0.970. The van der Waals surface area contributed by atoms with Crippen molar-refractivity contribution in [3.8, 4) is 0 Å². The summed E-state index contributed by atoms with van der Waals surface area (Å²) in [5, 5.41) is 13.5. The summed E-state index contributed by atoms with van der Waals surface area (Å²) in [5.41, 5.74) is 0.848. The van der Waals surface area contributed by atoms with Crippen molar-refractivity contribution in [2.24, 2.45) is 5.92 Å². The third-order valence-electron chi connectivity index (χ3n) is 4.13. The first-order valence-electron chi connectivity index (χ1n) is 8.16. The summed E-state index contributed by atoms with van der Waals surface area (Å²) in [4.78, 5) is 0. The molecule has 1 aromatic rings. The quantitative estimate of drug-likeness (QED) is 0.811. The fraction of sp³-hybridized carbons (Fsp3) is 0.667. The topological polar surface area (TPSA) is 41.5 Å². The van der Waals surface area contributed by atoms with E-state index >= 15 is 0 Å². The lowest BCUT2D eigenvalue weighted by Gasteiger charge is -2.35. The highest BCUT2D eigenvalue weighted by Crippen LogP contribution is 2.37. The van der Waals surface area contributed by atoms with Gasteiger partial charge in [-0.1, -0.05) is 18.6 Å². The fourth-order valence-corrected chi connectivity index (χ4v) is 2.67. The lowest BCUT2D eigenvalue weighted by atomic mass is 9.77. The Morgan fingerprint density at radius 2 is 1.91 bits per heavy atom. The number of nitrogens with one attached hydrogen (secondary N) is 1. The van der Waals surface area contributed by atoms with Gasteiger partial charge in [0.2, 0.25) is 0 Å². The molecule has 0 radical (unpaired) electrons. The second-order valence-corrected chi connectivity index (χ2v) is 7.21. The maximum absolute atomic E-state index is 13.1. The summed E-state index contributed by atoms with van der Waals surface area (Å²) >= 11 is 0. The van der Waals surface area contributed by atoms with Gasteiger partial charge in [-0.2, -0.15) is 0 Å². The fourth-order valence-electron chi connectivity index (χ4n) is 2.67. The highest BCUT2D eigenvalue weighted by atomic mass is 19.1. The zero-order valence-corrected chi connectivity index (χ0v) is 13.8. The van der Waals surface area contributed by atoms with E-state index in [1.807, 2.05) is 32.9 Å². The van der Waals surface area contributed by atoms with Crippen molar-refractivity contribution in [1.29, 1.82) is 0 Å². The molecule has 1 saturated carbocycles. The molecule has 0 heterocycles. The molecule has 0 bridgehead atoms. The van der Waals surface area contributed by atoms with Crippen LogP contribution in [-0.2, 0) is 4.74 Å². The molecule has 3 nitrogen and oxygen atoms in total. The van der Waals surface area contributed by atoms with Gasteiger partial charge in [-0.05, 0) is 57.2 Å². The predicted octanol–water partition coefficient (Wildman–Crippen LogP) is 3.43. The summed E-state index contributed by atoms with van der Waals surface area (Å²) in [7, 11) is 0. The van der Waals surface area contributed by atoms with E-state index in [2.05, 4.69) is 5.32 Å². The minimum atomic E-state index is -0.540. The molecule has 2 unspecified atom stereocenters. The van der Waals surface area contributed by atoms with Crippen molar-refractivity contribution < 1.29 is 14.2 Å². The highest BCUT2D eigenvalue weighted by Gasteiger charge is 2.28. The minimum absolute atomic E-state index is 0.179. The van der Waals surface area contributed by atoms with E-state index in [1.54, 1.807) is 0 Å². The van der Waals surface area contributed by atoms with Crippen LogP contribution in [-0.4, -0.2) is 30.0 Å². The van der Waals surface area contributed by atoms with Gasteiger partial charge in [0, 0.05) is 12.6 Å². The third-order valence-corrected chi connectivity index (χ3v) is 4.13. The van der Waals surface area contributed by atoms with Crippen LogP contribution in [0.2, 0.25) is 0 Å². The van der Waals surface area contributed by atoms with Gasteiger partial charge >= 0.3 is 0 Å². The van der Waals surface area contributed by atoms with E-state index < -0.39 is 6.10 Å². The molecule has 0 saturated heterocycles. The van der Waals surface area contributed by atoms with Gasteiger partial charge in [-0.15, -0.1) is 0 Å².